The monoisotopic (exact) mass is 187 g/mol. The summed E-state index contributed by atoms with van der Waals surface area (Å²) in [4.78, 5) is 0. The van der Waals surface area contributed by atoms with Crippen LogP contribution in [0.25, 0.3) is 0 Å². The third-order valence-corrected chi connectivity index (χ3v) is 2.00. The molecule has 1 atom stereocenters. The lowest BCUT2D eigenvalue weighted by Crippen LogP contribution is -2.27. The molecule has 0 aromatic heterocycles. The molecular formula is C11H25NO. The van der Waals surface area contributed by atoms with Crippen LogP contribution in [0.15, 0.2) is 0 Å². The van der Waals surface area contributed by atoms with E-state index in [1.807, 2.05) is 0 Å². The molecule has 0 rings (SSSR count). The summed E-state index contributed by atoms with van der Waals surface area (Å²) >= 11 is 0. The maximum absolute atomic E-state index is 5.54. The Morgan fingerprint density at radius 1 is 1.15 bits per heavy atom. The van der Waals surface area contributed by atoms with Crippen LogP contribution >= 0.6 is 0 Å². The quantitative estimate of drug-likeness (QED) is 0.560. The average molecular weight is 187 g/mol. The highest BCUT2D eigenvalue weighted by atomic mass is 16.5. The van der Waals surface area contributed by atoms with Gasteiger partial charge in [0.05, 0.1) is 6.10 Å². The molecule has 0 aliphatic rings. The normalized spacial score (nSPS) is 13.2. The zero-order valence-electron chi connectivity index (χ0n) is 9.44. The van der Waals surface area contributed by atoms with Gasteiger partial charge in [0.25, 0.3) is 0 Å². The molecule has 80 valence electrons. The topological polar surface area (TPSA) is 21.3 Å². The highest BCUT2D eigenvalue weighted by Crippen LogP contribution is 1.93. The van der Waals surface area contributed by atoms with Gasteiger partial charge in [0.1, 0.15) is 0 Å². The van der Waals surface area contributed by atoms with Crippen molar-refractivity contribution in [3.8, 4) is 0 Å². The Hall–Kier alpha value is -0.0800. The van der Waals surface area contributed by atoms with Crippen molar-refractivity contribution in [2.45, 2.75) is 52.6 Å². The first-order valence-electron chi connectivity index (χ1n) is 5.63. The van der Waals surface area contributed by atoms with E-state index in [-0.39, 0.29) is 0 Å². The first kappa shape index (κ1) is 12.9. The standard InChI is InChI=1S/C11H25NO/c1-4-6-7-8-12-10-11(3)13-9-5-2/h11-12H,4-10H2,1-3H3. The molecule has 0 aliphatic carbocycles. The predicted octanol–water partition coefficient (Wildman–Crippen LogP) is 2.58. The summed E-state index contributed by atoms with van der Waals surface area (Å²) in [7, 11) is 0. The number of hydrogen-bond acceptors (Lipinski definition) is 2. The molecule has 2 nitrogen and oxygen atoms in total. The minimum absolute atomic E-state index is 0.363. The fourth-order valence-electron chi connectivity index (χ4n) is 1.18. The second kappa shape index (κ2) is 10.0. The number of hydrogen-bond donors (Lipinski definition) is 1. The van der Waals surface area contributed by atoms with Crippen molar-refractivity contribution in [1.82, 2.24) is 5.32 Å². The summed E-state index contributed by atoms with van der Waals surface area (Å²) in [5, 5.41) is 3.40. The van der Waals surface area contributed by atoms with Crippen LogP contribution in [-0.2, 0) is 4.74 Å². The summed E-state index contributed by atoms with van der Waals surface area (Å²) in [5.41, 5.74) is 0. The molecule has 0 spiro atoms. The summed E-state index contributed by atoms with van der Waals surface area (Å²) in [6.45, 7) is 9.51. The molecule has 0 amide bonds. The van der Waals surface area contributed by atoms with E-state index in [0.717, 1.165) is 26.1 Å². The lowest BCUT2D eigenvalue weighted by Gasteiger charge is -2.12. The number of nitrogens with one attached hydrogen (secondary N) is 1. The van der Waals surface area contributed by atoms with Crippen LogP contribution in [0.3, 0.4) is 0 Å². The second-order valence-electron chi connectivity index (χ2n) is 3.59. The number of ether oxygens (including phenoxy) is 1. The fourth-order valence-corrected chi connectivity index (χ4v) is 1.18. The minimum Gasteiger partial charge on any atom is -0.377 e. The molecule has 0 fully saturated rings. The van der Waals surface area contributed by atoms with Gasteiger partial charge in [0, 0.05) is 13.2 Å². The Balaban J connectivity index is 3.03. The summed E-state index contributed by atoms with van der Waals surface area (Å²) in [5.74, 6) is 0. The Morgan fingerprint density at radius 2 is 1.92 bits per heavy atom. The van der Waals surface area contributed by atoms with Gasteiger partial charge in [-0.05, 0) is 26.3 Å². The van der Waals surface area contributed by atoms with Gasteiger partial charge in [-0.1, -0.05) is 26.7 Å². The molecule has 13 heavy (non-hydrogen) atoms. The zero-order valence-corrected chi connectivity index (χ0v) is 9.44. The smallest absolute Gasteiger partial charge is 0.0671 e. The van der Waals surface area contributed by atoms with Gasteiger partial charge in [-0.3, -0.25) is 0 Å². The molecule has 2 heteroatoms. The van der Waals surface area contributed by atoms with E-state index in [9.17, 15) is 0 Å². The third-order valence-electron chi connectivity index (χ3n) is 2.00. The van der Waals surface area contributed by atoms with Crippen LogP contribution in [0.1, 0.15) is 46.5 Å². The maximum atomic E-state index is 5.54. The average Bonchev–Trinajstić information content (AvgIpc) is 2.14. The first-order valence-corrected chi connectivity index (χ1v) is 5.63. The largest absolute Gasteiger partial charge is 0.377 e. The molecule has 0 aliphatic heterocycles. The molecule has 0 aromatic rings. The number of unbranched alkanes of at least 4 members (excludes halogenated alkanes) is 2. The zero-order chi connectivity index (χ0) is 9.94. The SMILES string of the molecule is CCCCCNCC(C)OCCC. The second-order valence-corrected chi connectivity index (χ2v) is 3.59. The lowest BCUT2D eigenvalue weighted by molar-refractivity contribution is 0.0665. The van der Waals surface area contributed by atoms with Crippen LogP contribution in [0.5, 0.6) is 0 Å². The van der Waals surface area contributed by atoms with E-state index in [4.69, 9.17) is 4.74 Å². The van der Waals surface area contributed by atoms with Gasteiger partial charge in [0.15, 0.2) is 0 Å². The van der Waals surface area contributed by atoms with E-state index in [0.29, 0.717) is 6.10 Å². The van der Waals surface area contributed by atoms with E-state index in [1.54, 1.807) is 0 Å². The molecule has 0 heterocycles. The van der Waals surface area contributed by atoms with E-state index >= 15 is 0 Å². The van der Waals surface area contributed by atoms with Crippen molar-refractivity contribution >= 4 is 0 Å². The van der Waals surface area contributed by atoms with Gasteiger partial charge in [-0.15, -0.1) is 0 Å². The van der Waals surface area contributed by atoms with Crippen LogP contribution < -0.4 is 5.32 Å². The van der Waals surface area contributed by atoms with Gasteiger partial charge in [-0.2, -0.15) is 0 Å². The maximum Gasteiger partial charge on any atom is 0.0671 e. The number of rotatable bonds is 9. The summed E-state index contributed by atoms with van der Waals surface area (Å²) in [6, 6.07) is 0. The van der Waals surface area contributed by atoms with Gasteiger partial charge >= 0.3 is 0 Å². The van der Waals surface area contributed by atoms with Crippen molar-refractivity contribution in [3.63, 3.8) is 0 Å². The Kier molecular flexibility index (Phi) is 9.94. The molecule has 0 saturated heterocycles. The Morgan fingerprint density at radius 3 is 2.54 bits per heavy atom. The molecule has 1 N–H and O–H groups in total. The summed E-state index contributed by atoms with van der Waals surface area (Å²) < 4.78 is 5.54. The van der Waals surface area contributed by atoms with Crippen LogP contribution in [0, 0.1) is 0 Å². The Bertz CT molecular complexity index is 96.1. The van der Waals surface area contributed by atoms with Crippen LogP contribution in [-0.4, -0.2) is 25.8 Å². The molecular weight excluding hydrogens is 162 g/mol. The van der Waals surface area contributed by atoms with E-state index in [1.165, 1.54) is 19.3 Å². The van der Waals surface area contributed by atoms with Crippen LogP contribution in [0.2, 0.25) is 0 Å². The van der Waals surface area contributed by atoms with E-state index < -0.39 is 0 Å². The third kappa shape index (κ3) is 9.84. The van der Waals surface area contributed by atoms with Gasteiger partial charge in [0.2, 0.25) is 0 Å². The van der Waals surface area contributed by atoms with Crippen molar-refractivity contribution < 1.29 is 4.74 Å². The molecule has 1 unspecified atom stereocenters. The first-order chi connectivity index (χ1) is 6.31. The van der Waals surface area contributed by atoms with Crippen molar-refractivity contribution in [1.29, 1.82) is 0 Å². The highest BCUT2D eigenvalue weighted by Gasteiger charge is 1.99. The van der Waals surface area contributed by atoms with E-state index in [2.05, 4.69) is 26.1 Å². The fraction of sp³-hybridized carbons (Fsp3) is 1.00. The lowest BCUT2D eigenvalue weighted by atomic mass is 10.2. The molecule has 0 radical (unpaired) electrons. The molecule has 0 bridgehead atoms. The van der Waals surface area contributed by atoms with Crippen molar-refractivity contribution in [3.05, 3.63) is 0 Å². The molecule has 0 aromatic carbocycles. The minimum atomic E-state index is 0.363. The summed E-state index contributed by atoms with van der Waals surface area (Å²) in [6.07, 6.45) is 5.39. The van der Waals surface area contributed by atoms with Crippen LogP contribution in [0.4, 0.5) is 0 Å². The van der Waals surface area contributed by atoms with Gasteiger partial charge < -0.3 is 10.1 Å². The molecule has 0 saturated carbocycles. The van der Waals surface area contributed by atoms with Crippen molar-refractivity contribution in [2.75, 3.05) is 19.7 Å². The van der Waals surface area contributed by atoms with Crippen molar-refractivity contribution in [2.24, 2.45) is 0 Å². The highest BCUT2D eigenvalue weighted by molar-refractivity contribution is 4.55. The predicted molar refractivity (Wildman–Crippen MR) is 58.1 cm³/mol. The Labute approximate surface area is 83.1 Å². The van der Waals surface area contributed by atoms with Gasteiger partial charge in [-0.25, -0.2) is 0 Å².